The molecule has 0 aliphatic carbocycles. The lowest BCUT2D eigenvalue weighted by molar-refractivity contribution is -0.111. The van der Waals surface area contributed by atoms with Gasteiger partial charge in [-0.2, -0.15) is 0 Å². The van der Waals surface area contributed by atoms with Crippen LogP contribution in [-0.2, 0) is 4.79 Å². The summed E-state index contributed by atoms with van der Waals surface area (Å²) >= 11 is 5.28. The molecule has 0 bridgehead atoms. The van der Waals surface area contributed by atoms with E-state index in [1.54, 1.807) is 0 Å². The third-order valence-corrected chi connectivity index (χ3v) is 4.07. The summed E-state index contributed by atoms with van der Waals surface area (Å²) in [6.45, 7) is 2.27. The van der Waals surface area contributed by atoms with Gasteiger partial charge in [-0.3, -0.25) is 4.79 Å². The molecule has 0 saturated carbocycles. The van der Waals surface area contributed by atoms with E-state index in [2.05, 4.69) is 19.1 Å². The van der Waals surface area contributed by atoms with Crippen molar-refractivity contribution in [1.82, 2.24) is 0 Å². The van der Waals surface area contributed by atoms with Gasteiger partial charge in [-0.15, -0.1) is 0 Å². The SMILES string of the molecule is CCCCCCCCCCCCC/C=C/CCCC(=O)Cl. The van der Waals surface area contributed by atoms with Gasteiger partial charge < -0.3 is 0 Å². The van der Waals surface area contributed by atoms with Crippen molar-refractivity contribution >= 4 is 16.8 Å². The van der Waals surface area contributed by atoms with Crippen molar-refractivity contribution in [3.63, 3.8) is 0 Å². The van der Waals surface area contributed by atoms with E-state index in [0.29, 0.717) is 6.42 Å². The van der Waals surface area contributed by atoms with Crippen molar-refractivity contribution in [2.24, 2.45) is 0 Å². The minimum absolute atomic E-state index is 0.214. The van der Waals surface area contributed by atoms with Crippen LogP contribution in [0.4, 0.5) is 0 Å². The second-order valence-corrected chi connectivity index (χ2v) is 6.46. The summed E-state index contributed by atoms with van der Waals surface area (Å²) in [5.74, 6) is 0. The molecule has 0 aromatic carbocycles. The van der Waals surface area contributed by atoms with Crippen molar-refractivity contribution in [1.29, 1.82) is 0 Å². The fraction of sp³-hybridized carbons (Fsp3) is 0.842. The Labute approximate surface area is 137 Å². The van der Waals surface area contributed by atoms with Crippen LogP contribution in [0.2, 0.25) is 0 Å². The first-order valence-corrected chi connectivity index (χ1v) is 9.48. The molecule has 0 radical (unpaired) electrons. The van der Waals surface area contributed by atoms with Crippen molar-refractivity contribution in [2.45, 2.75) is 103 Å². The summed E-state index contributed by atoms with van der Waals surface area (Å²) in [5, 5.41) is -0.214. The van der Waals surface area contributed by atoms with E-state index in [4.69, 9.17) is 11.6 Å². The number of unbranched alkanes of at least 4 members (excludes halogenated alkanes) is 12. The van der Waals surface area contributed by atoms with E-state index >= 15 is 0 Å². The highest BCUT2D eigenvalue weighted by Gasteiger charge is 1.94. The molecule has 0 aliphatic heterocycles. The Morgan fingerprint density at radius 2 is 1.14 bits per heavy atom. The molecule has 0 atom stereocenters. The maximum Gasteiger partial charge on any atom is 0.221 e. The summed E-state index contributed by atoms with van der Waals surface area (Å²) in [6.07, 6.45) is 23.4. The van der Waals surface area contributed by atoms with E-state index < -0.39 is 0 Å². The molecule has 1 nitrogen and oxygen atoms in total. The molecule has 0 amide bonds. The van der Waals surface area contributed by atoms with Crippen molar-refractivity contribution in [3.8, 4) is 0 Å². The van der Waals surface area contributed by atoms with Gasteiger partial charge in [0.25, 0.3) is 0 Å². The molecule has 0 N–H and O–H groups in total. The Kier molecular flexibility index (Phi) is 17.5. The van der Waals surface area contributed by atoms with Gasteiger partial charge in [-0.25, -0.2) is 0 Å². The fourth-order valence-electron chi connectivity index (χ4n) is 2.52. The zero-order valence-corrected chi connectivity index (χ0v) is 14.8. The predicted molar refractivity (Wildman–Crippen MR) is 94.9 cm³/mol. The quantitative estimate of drug-likeness (QED) is 0.167. The molecular weight excluding hydrogens is 280 g/mol. The number of hydrogen-bond acceptors (Lipinski definition) is 1. The minimum atomic E-state index is -0.214. The molecule has 0 rings (SSSR count). The van der Waals surface area contributed by atoms with E-state index in [1.807, 2.05) is 0 Å². The van der Waals surface area contributed by atoms with Crippen LogP contribution in [0, 0.1) is 0 Å². The van der Waals surface area contributed by atoms with Crippen molar-refractivity contribution < 1.29 is 4.79 Å². The lowest BCUT2D eigenvalue weighted by atomic mass is 10.1. The molecule has 0 spiro atoms. The zero-order valence-electron chi connectivity index (χ0n) is 14.0. The van der Waals surface area contributed by atoms with E-state index in [-0.39, 0.29) is 5.24 Å². The Morgan fingerprint density at radius 3 is 1.62 bits per heavy atom. The number of rotatable bonds is 16. The average molecular weight is 315 g/mol. The first-order valence-electron chi connectivity index (χ1n) is 9.10. The summed E-state index contributed by atoms with van der Waals surface area (Å²) in [6, 6.07) is 0. The van der Waals surface area contributed by atoms with Gasteiger partial charge in [0.1, 0.15) is 0 Å². The Bertz CT molecular complexity index is 248. The van der Waals surface area contributed by atoms with Crippen LogP contribution in [0.3, 0.4) is 0 Å². The standard InChI is InChI=1S/C19H35ClO/c1-2-3-4-5-6-7-8-9-10-11-12-13-14-15-16-17-18-19(20)21/h14-15H,2-13,16-18H2,1H3/b15-14+. The van der Waals surface area contributed by atoms with Crippen molar-refractivity contribution in [3.05, 3.63) is 12.2 Å². The molecular formula is C19H35ClO. The van der Waals surface area contributed by atoms with Gasteiger partial charge in [0.2, 0.25) is 5.24 Å². The lowest BCUT2D eigenvalue weighted by Gasteiger charge is -2.01. The third-order valence-electron chi connectivity index (χ3n) is 3.89. The second-order valence-electron chi connectivity index (χ2n) is 6.04. The maximum atomic E-state index is 10.5. The van der Waals surface area contributed by atoms with Gasteiger partial charge in [0.05, 0.1) is 0 Å². The summed E-state index contributed by atoms with van der Waals surface area (Å²) in [5.41, 5.74) is 0. The number of halogens is 1. The Hall–Kier alpha value is -0.300. The van der Waals surface area contributed by atoms with Gasteiger partial charge in [-0.1, -0.05) is 83.3 Å². The van der Waals surface area contributed by atoms with E-state index in [1.165, 1.54) is 77.0 Å². The molecule has 21 heavy (non-hydrogen) atoms. The number of hydrogen-bond donors (Lipinski definition) is 0. The van der Waals surface area contributed by atoms with Gasteiger partial charge >= 0.3 is 0 Å². The van der Waals surface area contributed by atoms with Crippen LogP contribution in [0.5, 0.6) is 0 Å². The Balaban J connectivity index is 3.05. The third kappa shape index (κ3) is 19.7. The topological polar surface area (TPSA) is 17.1 Å². The molecule has 0 aromatic heterocycles. The van der Waals surface area contributed by atoms with Crippen LogP contribution in [0.25, 0.3) is 0 Å². The first-order chi connectivity index (χ1) is 10.3. The second kappa shape index (κ2) is 17.8. The minimum Gasteiger partial charge on any atom is -0.281 e. The first kappa shape index (κ1) is 20.7. The zero-order chi connectivity index (χ0) is 15.6. The summed E-state index contributed by atoms with van der Waals surface area (Å²) < 4.78 is 0. The molecule has 0 aliphatic rings. The molecule has 0 saturated heterocycles. The van der Waals surface area contributed by atoms with Crippen LogP contribution >= 0.6 is 11.6 Å². The highest BCUT2D eigenvalue weighted by molar-refractivity contribution is 6.63. The molecule has 124 valence electrons. The van der Waals surface area contributed by atoms with Gasteiger partial charge in [-0.05, 0) is 37.3 Å². The monoisotopic (exact) mass is 314 g/mol. The lowest BCUT2D eigenvalue weighted by Crippen LogP contribution is -1.84. The van der Waals surface area contributed by atoms with Gasteiger partial charge in [0, 0.05) is 6.42 Å². The van der Waals surface area contributed by atoms with Crippen LogP contribution in [0.15, 0.2) is 12.2 Å². The van der Waals surface area contributed by atoms with Gasteiger partial charge in [0.15, 0.2) is 0 Å². The number of allylic oxidation sites excluding steroid dienone is 2. The highest BCUT2D eigenvalue weighted by atomic mass is 35.5. The average Bonchev–Trinajstić information content (AvgIpc) is 2.46. The molecule has 0 aromatic rings. The van der Waals surface area contributed by atoms with Crippen LogP contribution < -0.4 is 0 Å². The summed E-state index contributed by atoms with van der Waals surface area (Å²) in [7, 11) is 0. The van der Waals surface area contributed by atoms with Crippen LogP contribution in [0.1, 0.15) is 103 Å². The Morgan fingerprint density at radius 1 is 0.714 bits per heavy atom. The smallest absolute Gasteiger partial charge is 0.221 e. The maximum absolute atomic E-state index is 10.5. The van der Waals surface area contributed by atoms with Crippen LogP contribution in [-0.4, -0.2) is 5.24 Å². The van der Waals surface area contributed by atoms with E-state index in [0.717, 1.165) is 12.8 Å². The summed E-state index contributed by atoms with van der Waals surface area (Å²) in [4.78, 5) is 10.5. The largest absolute Gasteiger partial charge is 0.281 e. The highest BCUT2D eigenvalue weighted by Crippen LogP contribution is 2.12. The van der Waals surface area contributed by atoms with Crippen molar-refractivity contribution in [2.75, 3.05) is 0 Å². The number of carbonyl (C=O) groups is 1. The molecule has 0 fully saturated rings. The molecule has 0 unspecified atom stereocenters. The molecule has 0 heterocycles. The normalized spacial score (nSPS) is 11.3. The fourth-order valence-corrected chi connectivity index (χ4v) is 2.65. The number of carbonyl (C=O) groups excluding carboxylic acids is 1. The van der Waals surface area contributed by atoms with E-state index in [9.17, 15) is 4.79 Å². The molecule has 2 heteroatoms. The predicted octanol–water partition coefficient (Wildman–Crippen LogP) is 7.18.